The molecule has 2 unspecified atom stereocenters. The Balaban J connectivity index is 1.58. The van der Waals surface area contributed by atoms with Crippen LogP contribution in [0.1, 0.15) is 32.1 Å². The average Bonchev–Trinajstić information content (AvgIpc) is 2.95. The van der Waals surface area contributed by atoms with Crippen molar-refractivity contribution in [3.63, 3.8) is 0 Å². The number of nitrogens with zero attached hydrogens (tertiary/aromatic N) is 2. The zero-order chi connectivity index (χ0) is 29.1. The molecule has 2 aliphatic rings. The third kappa shape index (κ3) is 5.48. The van der Waals surface area contributed by atoms with E-state index >= 15 is 0 Å². The van der Waals surface area contributed by atoms with Gasteiger partial charge in [0, 0.05) is 38.5 Å². The number of nitrogens with one attached hydrogen (secondary N) is 2. The molecule has 0 aromatic heterocycles. The number of fused-ring (bicyclic) bond motifs is 1. The molecular formula is C27H36N6O6S. The molecule has 2 aromatic carbocycles. The standard InChI is InChI=1S/C27H36N6O6S/c1-39-24(35)22-9-5-15-33(27(22,25(28)36)20-8-4-14-32(17-20)26(29)30)23(34)12-13-31-40(37,38)21-11-10-18-6-2-3-7-19(18)16-21/h2-3,6-7,10-11,16,20,22,31H,4-5,8-9,12-15,17H2,1H3,(H2,28,36)(H3,29,30)/t20-,22?,27?/m0/s1. The molecule has 2 aliphatic heterocycles. The normalized spacial score (nSPS) is 23.5. The lowest BCUT2D eigenvalue weighted by atomic mass is 9.65. The van der Waals surface area contributed by atoms with Gasteiger partial charge in [0.15, 0.2) is 5.96 Å². The first-order valence-corrected chi connectivity index (χ1v) is 14.8. The van der Waals surface area contributed by atoms with E-state index in [-0.39, 0.29) is 36.9 Å². The highest BCUT2D eigenvalue weighted by atomic mass is 32.2. The summed E-state index contributed by atoms with van der Waals surface area (Å²) in [5.41, 5.74) is 10.1. The number of carbonyl (C=O) groups excluding carboxylic acids is 3. The molecule has 2 heterocycles. The van der Waals surface area contributed by atoms with Gasteiger partial charge in [-0.1, -0.05) is 30.3 Å². The molecule has 0 saturated carbocycles. The van der Waals surface area contributed by atoms with Crippen LogP contribution in [0.15, 0.2) is 47.4 Å². The van der Waals surface area contributed by atoms with Crippen molar-refractivity contribution in [2.45, 2.75) is 42.5 Å². The molecule has 13 heteroatoms. The second-order valence-electron chi connectivity index (χ2n) is 10.3. The number of nitrogens with two attached hydrogens (primary N) is 2. The van der Waals surface area contributed by atoms with Crippen LogP contribution in [0.5, 0.6) is 0 Å². The quantitative estimate of drug-likeness (QED) is 0.202. The summed E-state index contributed by atoms with van der Waals surface area (Å²) >= 11 is 0. The number of ether oxygens (including phenoxy) is 1. The van der Waals surface area contributed by atoms with Gasteiger partial charge in [0.25, 0.3) is 0 Å². The Morgan fingerprint density at radius 1 is 1.07 bits per heavy atom. The van der Waals surface area contributed by atoms with Crippen LogP contribution in [0.4, 0.5) is 0 Å². The number of hydrogen-bond donors (Lipinski definition) is 4. The predicted molar refractivity (Wildman–Crippen MR) is 148 cm³/mol. The monoisotopic (exact) mass is 572 g/mol. The molecule has 0 spiro atoms. The number of benzene rings is 2. The molecule has 3 atom stereocenters. The Labute approximate surface area is 233 Å². The minimum atomic E-state index is -3.92. The molecule has 12 nitrogen and oxygen atoms in total. The van der Waals surface area contributed by atoms with Crippen molar-refractivity contribution in [1.29, 1.82) is 5.41 Å². The number of piperidine rings is 2. The number of guanidine groups is 1. The number of sulfonamides is 1. The van der Waals surface area contributed by atoms with Gasteiger partial charge in [-0.3, -0.25) is 19.8 Å². The first kappa shape index (κ1) is 29.3. The van der Waals surface area contributed by atoms with Crippen LogP contribution in [0, 0.1) is 17.2 Å². The summed E-state index contributed by atoms with van der Waals surface area (Å²) in [5.74, 6) is -3.73. The fourth-order valence-electron chi connectivity index (χ4n) is 6.23. The van der Waals surface area contributed by atoms with Crippen LogP contribution in [-0.4, -0.2) is 80.8 Å². The Bertz CT molecular complexity index is 1420. The summed E-state index contributed by atoms with van der Waals surface area (Å²) in [7, 11) is -2.70. The molecule has 216 valence electrons. The number of esters is 1. The lowest BCUT2D eigenvalue weighted by Crippen LogP contribution is -2.73. The summed E-state index contributed by atoms with van der Waals surface area (Å²) in [5, 5.41) is 9.55. The van der Waals surface area contributed by atoms with Crippen LogP contribution >= 0.6 is 0 Å². The molecule has 2 aromatic rings. The van der Waals surface area contributed by atoms with Crippen LogP contribution in [0.3, 0.4) is 0 Å². The highest BCUT2D eigenvalue weighted by Crippen LogP contribution is 2.44. The smallest absolute Gasteiger partial charge is 0.311 e. The van der Waals surface area contributed by atoms with Crippen LogP contribution in [0.2, 0.25) is 0 Å². The van der Waals surface area contributed by atoms with Gasteiger partial charge in [-0.25, -0.2) is 13.1 Å². The van der Waals surface area contributed by atoms with E-state index in [2.05, 4.69) is 4.72 Å². The molecular weight excluding hydrogens is 536 g/mol. The SMILES string of the molecule is COC(=O)C1CCCN(C(=O)CCNS(=O)(=O)c2ccc3ccccc3c2)C1(C(N)=O)[C@H]1CCCN(C(=N)N)C1. The van der Waals surface area contributed by atoms with Crippen molar-refractivity contribution in [3.05, 3.63) is 42.5 Å². The highest BCUT2D eigenvalue weighted by molar-refractivity contribution is 7.89. The van der Waals surface area contributed by atoms with Gasteiger partial charge in [-0.05, 0) is 48.6 Å². The van der Waals surface area contributed by atoms with E-state index < -0.39 is 45.2 Å². The zero-order valence-corrected chi connectivity index (χ0v) is 23.3. The first-order chi connectivity index (χ1) is 19.0. The summed E-state index contributed by atoms with van der Waals surface area (Å²) in [6, 6.07) is 12.2. The topological polar surface area (TPSA) is 189 Å². The van der Waals surface area contributed by atoms with Gasteiger partial charge >= 0.3 is 5.97 Å². The highest BCUT2D eigenvalue weighted by Gasteiger charge is 2.60. The van der Waals surface area contributed by atoms with Crippen LogP contribution < -0.4 is 16.2 Å². The number of methoxy groups -OCH3 is 1. The van der Waals surface area contributed by atoms with Gasteiger partial charge in [-0.15, -0.1) is 0 Å². The Kier molecular flexibility index (Phi) is 8.64. The second-order valence-corrected chi connectivity index (χ2v) is 12.0. The number of likely N-dealkylation sites (tertiary alicyclic amines) is 2. The zero-order valence-electron chi connectivity index (χ0n) is 22.5. The molecule has 6 N–H and O–H groups in total. The van der Waals surface area contributed by atoms with E-state index in [1.54, 1.807) is 17.0 Å². The second kappa shape index (κ2) is 11.8. The van der Waals surface area contributed by atoms with Gasteiger partial charge < -0.3 is 26.0 Å². The number of hydrogen-bond acceptors (Lipinski definition) is 7. The number of rotatable bonds is 8. The maximum absolute atomic E-state index is 13.7. The Morgan fingerprint density at radius 2 is 1.77 bits per heavy atom. The average molecular weight is 573 g/mol. The number of amides is 2. The van der Waals surface area contributed by atoms with E-state index in [1.165, 1.54) is 18.1 Å². The minimum absolute atomic E-state index is 0.0698. The molecule has 0 aliphatic carbocycles. The van der Waals surface area contributed by atoms with Gasteiger partial charge in [-0.2, -0.15) is 0 Å². The van der Waals surface area contributed by atoms with E-state index in [9.17, 15) is 22.8 Å². The van der Waals surface area contributed by atoms with Gasteiger partial charge in [0.2, 0.25) is 21.8 Å². The molecule has 40 heavy (non-hydrogen) atoms. The summed E-state index contributed by atoms with van der Waals surface area (Å²) in [4.78, 5) is 43.0. The maximum atomic E-state index is 13.7. The number of primary amides is 1. The van der Waals surface area contributed by atoms with Gasteiger partial charge in [0.05, 0.1) is 17.9 Å². The summed E-state index contributed by atoms with van der Waals surface area (Å²) in [6.07, 6.45) is 1.55. The molecule has 4 rings (SSSR count). The first-order valence-electron chi connectivity index (χ1n) is 13.3. The predicted octanol–water partition coefficient (Wildman–Crippen LogP) is 0.749. The fourth-order valence-corrected chi connectivity index (χ4v) is 7.30. The van der Waals surface area contributed by atoms with Crippen molar-refractivity contribution in [2.75, 3.05) is 33.3 Å². The lowest BCUT2D eigenvalue weighted by molar-refractivity contribution is -0.173. The third-order valence-corrected chi connectivity index (χ3v) is 9.54. The third-order valence-electron chi connectivity index (χ3n) is 8.08. The van der Waals surface area contributed by atoms with E-state index in [4.69, 9.17) is 21.6 Å². The summed E-state index contributed by atoms with van der Waals surface area (Å²) in [6.45, 7) is 0.633. The van der Waals surface area contributed by atoms with Crippen molar-refractivity contribution >= 4 is 44.5 Å². The van der Waals surface area contributed by atoms with E-state index in [0.717, 1.165) is 10.8 Å². The Morgan fingerprint density at radius 3 is 2.45 bits per heavy atom. The summed E-state index contributed by atoms with van der Waals surface area (Å²) < 4.78 is 33.5. The van der Waals surface area contributed by atoms with Crippen molar-refractivity contribution in [2.24, 2.45) is 23.3 Å². The van der Waals surface area contributed by atoms with Crippen molar-refractivity contribution in [1.82, 2.24) is 14.5 Å². The molecule has 2 fully saturated rings. The van der Waals surface area contributed by atoms with Gasteiger partial charge in [0.1, 0.15) is 5.54 Å². The molecule has 2 amide bonds. The lowest BCUT2D eigenvalue weighted by Gasteiger charge is -2.54. The number of carbonyl (C=O) groups is 3. The maximum Gasteiger partial charge on any atom is 0.311 e. The Hall–Kier alpha value is -3.71. The van der Waals surface area contributed by atoms with Crippen molar-refractivity contribution in [3.8, 4) is 0 Å². The molecule has 0 radical (unpaired) electrons. The van der Waals surface area contributed by atoms with Crippen LogP contribution in [0.25, 0.3) is 10.8 Å². The fraction of sp³-hybridized carbons (Fsp3) is 0.481. The van der Waals surface area contributed by atoms with E-state index in [1.807, 2.05) is 24.3 Å². The van der Waals surface area contributed by atoms with Crippen molar-refractivity contribution < 1.29 is 27.5 Å². The van der Waals surface area contributed by atoms with E-state index in [0.29, 0.717) is 32.2 Å². The largest absolute Gasteiger partial charge is 0.469 e. The molecule has 0 bridgehead atoms. The minimum Gasteiger partial charge on any atom is -0.469 e. The van der Waals surface area contributed by atoms with Crippen LogP contribution in [-0.2, 0) is 29.1 Å². The molecule has 2 saturated heterocycles.